The van der Waals surface area contributed by atoms with E-state index >= 15 is 0 Å². The van der Waals surface area contributed by atoms with Gasteiger partial charge in [-0.25, -0.2) is 4.39 Å². The molecule has 0 amide bonds. The van der Waals surface area contributed by atoms with Gasteiger partial charge in [0, 0.05) is 6.04 Å². The van der Waals surface area contributed by atoms with Gasteiger partial charge in [-0.05, 0) is 24.1 Å². The highest BCUT2D eigenvalue weighted by Crippen LogP contribution is 2.21. The van der Waals surface area contributed by atoms with Crippen molar-refractivity contribution in [3.63, 3.8) is 0 Å². The van der Waals surface area contributed by atoms with Gasteiger partial charge in [-0.3, -0.25) is 0 Å². The molecule has 80 valence electrons. The Morgan fingerprint density at radius 3 is 2.57 bits per heavy atom. The van der Waals surface area contributed by atoms with E-state index in [2.05, 4.69) is 0 Å². The molecule has 0 spiro atoms. The summed E-state index contributed by atoms with van der Waals surface area (Å²) in [5.41, 5.74) is 6.55. The minimum atomic E-state index is -0.357. The van der Waals surface area contributed by atoms with Crippen LogP contribution in [0.1, 0.15) is 24.9 Å². The van der Waals surface area contributed by atoms with Gasteiger partial charge in [0.15, 0.2) is 11.6 Å². The SMILES string of the molecule is CC[C@H](N)c1ccc(OC)c(F)c1.Cl. The largest absolute Gasteiger partial charge is 0.494 e. The molecule has 2 N–H and O–H groups in total. The smallest absolute Gasteiger partial charge is 0.165 e. The number of methoxy groups -OCH3 is 1. The Kier molecular flexibility index (Phi) is 5.50. The molecule has 0 heterocycles. The van der Waals surface area contributed by atoms with Crippen molar-refractivity contribution in [1.82, 2.24) is 0 Å². The molecular weight excluding hydrogens is 205 g/mol. The molecule has 0 saturated heterocycles. The molecular formula is C10H15ClFNO. The zero-order valence-corrected chi connectivity index (χ0v) is 9.10. The van der Waals surface area contributed by atoms with Crippen LogP contribution in [0.15, 0.2) is 18.2 Å². The monoisotopic (exact) mass is 219 g/mol. The van der Waals surface area contributed by atoms with Crippen molar-refractivity contribution >= 4 is 12.4 Å². The van der Waals surface area contributed by atoms with Crippen molar-refractivity contribution in [1.29, 1.82) is 0 Å². The Morgan fingerprint density at radius 1 is 1.50 bits per heavy atom. The molecule has 14 heavy (non-hydrogen) atoms. The van der Waals surface area contributed by atoms with Crippen LogP contribution in [0.2, 0.25) is 0 Å². The second kappa shape index (κ2) is 5.83. The summed E-state index contributed by atoms with van der Waals surface area (Å²) in [5.74, 6) is -0.101. The van der Waals surface area contributed by atoms with Gasteiger partial charge in [-0.1, -0.05) is 13.0 Å². The zero-order chi connectivity index (χ0) is 9.84. The van der Waals surface area contributed by atoms with Crippen molar-refractivity contribution in [2.24, 2.45) is 5.73 Å². The van der Waals surface area contributed by atoms with Gasteiger partial charge in [-0.15, -0.1) is 12.4 Å². The molecule has 0 unspecified atom stereocenters. The van der Waals surface area contributed by atoms with Crippen LogP contribution in [0.25, 0.3) is 0 Å². The Morgan fingerprint density at radius 2 is 2.14 bits per heavy atom. The van der Waals surface area contributed by atoms with E-state index in [0.29, 0.717) is 0 Å². The van der Waals surface area contributed by atoms with Gasteiger partial charge in [0.25, 0.3) is 0 Å². The molecule has 0 aromatic heterocycles. The van der Waals surface area contributed by atoms with E-state index in [4.69, 9.17) is 10.5 Å². The van der Waals surface area contributed by atoms with E-state index in [1.807, 2.05) is 6.92 Å². The fourth-order valence-corrected chi connectivity index (χ4v) is 1.15. The highest BCUT2D eigenvalue weighted by atomic mass is 35.5. The molecule has 0 aliphatic rings. The number of benzene rings is 1. The van der Waals surface area contributed by atoms with Gasteiger partial charge < -0.3 is 10.5 Å². The summed E-state index contributed by atoms with van der Waals surface area (Å²) < 4.78 is 18.0. The summed E-state index contributed by atoms with van der Waals surface area (Å²) in [4.78, 5) is 0. The summed E-state index contributed by atoms with van der Waals surface area (Å²) in [6, 6.07) is 4.71. The predicted octanol–water partition coefficient (Wildman–Crippen LogP) is 2.67. The molecule has 4 heteroatoms. The molecule has 1 aromatic rings. The van der Waals surface area contributed by atoms with Gasteiger partial charge in [0.1, 0.15) is 0 Å². The Bertz CT molecular complexity index is 293. The highest BCUT2D eigenvalue weighted by Gasteiger charge is 2.07. The van der Waals surface area contributed by atoms with Crippen molar-refractivity contribution in [2.75, 3.05) is 7.11 Å². The Hall–Kier alpha value is -0.800. The minimum absolute atomic E-state index is 0. The second-order valence-electron chi connectivity index (χ2n) is 2.91. The van der Waals surface area contributed by atoms with E-state index < -0.39 is 0 Å². The average molecular weight is 220 g/mol. The summed E-state index contributed by atoms with van der Waals surface area (Å²) >= 11 is 0. The van der Waals surface area contributed by atoms with Gasteiger partial charge in [0.05, 0.1) is 7.11 Å². The maximum absolute atomic E-state index is 13.2. The fourth-order valence-electron chi connectivity index (χ4n) is 1.15. The van der Waals surface area contributed by atoms with Crippen LogP contribution in [0.5, 0.6) is 5.75 Å². The van der Waals surface area contributed by atoms with Crippen molar-refractivity contribution in [3.8, 4) is 5.75 Å². The third kappa shape index (κ3) is 2.86. The topological polar surface area (TPSA) is 35.2 Å². The van der Waals surface area contributed by atoms with Crippen LogP contribution in [-0.4, -0.2) is 7.11 Å². The number of hydrogen-bond acceptors (Lipinski definition) is 2. The third-order valence-corrected chi connectivity index (χ3v) is 2.04. The van der Waals surface area contributed by atoms with Crippen molar-refractivity contribution in [3.05, 3.63) is 29.6 Å². The second-order valence-corrected chi connectivity index (χ2v) is 2.91. The lowest BCUT2D eigenvalue weighted by Gasteiger charge is -2.10. The molecule has 0 fully saturated rings. The molecule has 1 rings (SSSR count). The van der Waals surface area contributed by atoms with E-state index in [1.165, 1.54) is 13.2 Å². The maximum Gasteiger partial charge on any atom is 0.165 e. The quantitative estimate of drug-likeness (QED) is 0.849. The standard InChI is InChI=1S/C10H14FNO.ClH/c1-3-9(12)7-4-5-10(13-2)8(11)6-7;/h4-6,9H,3,12H2,1-2H3;1H/t9-;/m0./s1. The first-order valence-electron chi connectivity index (χ1n) is 4.28. The van der Waals surface area contributed by atoms with Gasteiger partial charge in [-0.2, -0.15) is 0 Å². The molecule has 0 aliphatic carbocycles. The molecule has 0 aliphatic heterocycles. The van der Waals surface area contributed by atoms with Crippen molar-refractivity contribution < 1.29 is 9.13 Å². The van der Waals surface area contributed by atoms with Crippen LogP contribution in [0, 0.1) is 5.82 Å². The van der Waals surface area contributed by atoms with Crippen LogP contribution >= 0.6 is 12.4 Å². The zero-order valence-electron chi connectivity index (χ0n) is 8.29. The first kappa shape index (κ1) is 13.2. The Labute approximate surface area is 89.7 Å². The first-order valence-corrected chi connectivity index (χ1v) is 4.28. The third-order valence-electron chi connectivity index (χ3n) is 2.04. The van der Waals surface area contributed by atoms with Crippen molar-refractivity contribution in [2.45, 2.75) is 19.4 Å². The molecule has 1 aromatic carbocycles. The summed E-state index contributed by atoms with van der Waals surface area (Å²) in [6.45, 7) is 1.97. The normalized spacial score (nSPS) is 11.7. The lowest BCUT2D eigenvalue weighted by molar-refractivity contribution is 0.386. The molecule has 2 nitrogen and oxygen atoms in total. The summed E-state index contributed by atoms with van der Waals surface area (Å²) in [7, 11) is 1.44. The van der Waals surface area contributed by atoms with Crippen LogP contribution in [0.4, 0.5) is 4.39 Å². The average Bonchev–Trinajstić information content (AvgIpc) is 2.16. The molecule has 0 bridgehead atoms. The Balaban J connectivity index is 0.00000169. The van der Waals surface area contributed by atoms with E-state index in [1.54, 1.807) is 12.1 Å². The van der Waals surface area contributed by atoms with Crippen LogP contribution in [0.3, 0.4) is 0 Å². The molecule has 1 atom stereocenters. The summed E-state index contributed by atoms with van der Waals surface area (Å²) in [6.07, 6.45) is 0.797. The highest BCUT2D eigenvalue weighted by molar-refractivity contribution is 5.85. The van der Waals surface area contributed by atoms with Crippen LogP contribution < -0.4 is 10.5 Å². The fraction of sp³-hybridized carbons (Fsp3) is 0.400. The lowest BCUT2D eigenvalue weighted by atomic mass is 10.1. The number of halogens is 2. The van der Waals surface area contributed by atoms with Gasteiger partial charge >= 0.3 is 0 Å². The molecule has 0 radical (unpaired) electrons. The number of hydrogen-bond donors (Lipinski definition) is 1. The number of nitrogens with two attached hydrogens (primary N) is 1. The van der Waals surface area contributed by atoms with Crippen LogP contribution in [-0.2, 0) is 0 Å². The number of rotatable bonds is 3. The van der Waals surface area contributed by atoms with E-state index in [9.17, 15) is 4.39 Å². The molecule has 0 saturated carbocycles. The lowest BCUT2D eigenvalue weighted by Crippen LogP contribution is -2.08. The maximum atomic E-state index is 13.2. The van der Waals surface area contributed by atoms with E-state index in [-0.39, 0.29) is 30.0 Å². The summed E-state index contributed by atoms with van der Waals surface area (Å²) in [5, 5.41) is 0. The van der Waals surface area contributed by atoms with Gasteiger partial charge in [0.2, 0.25) is 0 Å². The van der Waals surface area contributed by atoms with E-state index in [0.717, 1.165) is 12.0 Å². The minimum Gasteiger partial charge on any atom is -0.494 e. The first-order chi connectivity index (χ1) is 6.19. The number of ether oxygens (including phenoxy) is 1. The predicted molar refractivity (Wildman–Crippen MR) is 57.4 cm³/mol.